The van der Waals surface area contributed by atoms with Gasteiger partial charge in [0.05, 0.1) is 12.7 Å². The average molecular weight is 297 g/mol. The summed E-state index contributed by atoms with van der Waals surface area (Å²) in [6.07, 6.45) is 3.32. The maximum Gasteiger partial charge on any atom is 0.340 e. The van der Waals surface area contributed by atoms with Gasteiger partial charge in [0, 0.05) is 17.0 Å². The highest BCUT2D eigenvalue weighted by Crippen LogP contribution is 2.29. The van der Waals surface area contributed by atoms with Gasteiger partial charge in [-0.3, -0.25) is 4.79 Å². The second-order valence-corrected chi connectivity index (χ2v) is 4.99. The molecule has 0 aromatic carbocycles. The molecule has 0 saturated carbocycles. The van der Waals surface area contributed by atoms with Gasteiger partial charge in [-0.05, 0) is 12.5 Å². The Morgan fingerprint density at radius 2 is 2.10 bits per heavy atom. The van der Waals surface area contributed by atoms with E-state index in [0.29, 0.717) is 5.00 Å². The molecule has 0 radical (unpaired) electrons. The summed E-state index contributed by atoms with van der Waals surface area (Å²) in [5.74, 6) is -2.37. The first-order chi connectivity index (χ1) is 9.47. The Labute approximate surface area is 120 Å². The number of hydrogen-bond donors (Lipinski definition) is 2. The molecule has 0 aliphatic rings. The smallest absolute Gasteiger partial charge is 0.340 e. The van der Waals surface area contributed by atoms with Crippen LogP contribution < -0.4 is 5.32 Å². The fraction of sp³-hybridized carbons (Fsp3) is 0.308. The molecule has 6 nitrogen and oxygen atoms in total. The molecule has 1 aromatic heterocycles. The summed E-state index contributed by atoms with van der Waals surface area (Å²) in [5.41, 5.74) is 0.276. The molecule has 108 valence electrons. The van der Waals surface area contributed by atoms with Crippen LogP contribution in [0.5, 0.6) is 0 Å². The van der Waals surface area contributed by atoms with Crippen molar-refractivity contribution in [1.82, 2.24) is 0 Å². The number of carbonyl (C=O) groups excluding carboxylic acids is 2. The number of ether oxygens (including phenoxy) is 1. The molecule has 0 saturated heterocycles. The van der Waals surface area contributed by atoms with Crippen molar-refractivity contribution < 1.29 is 24.2 Å². The molecule has 0 aliphatic carbocycles. The highest BCUT2D eigenvalue weighted by atomic mass is 32.1. The van der Waals surface area contributed by atoms with Crippen LogP contribution in [0, 0.1) is 0 Å². The second-order valence-electron chi connectivity index (χ2n) is 3.86. The number of carboxylic acid groups (broad SMARTS) is 1. The van der Waals surface area contributed by atoms with E-state index in [1.165, 1.54) is 18.4 Å². The Kier molecular flexibility index (Phi) is 5.92. The summed E-state index contributed by atoms with van der Waals surface area (Å²) in [4.78, 5) is 34.4. The predicted molar refractivity (Wildman–Crippen MR) is 75.1 cm³/mol. The van der Waals surface area contributed by atoms with Gasteiger partial charge in [-0.25, -0.2) is 9.59 Å². The molecular formula is C13H15NO5S. The summed E-state index contributed by atoms with van der Waals surface area (Å²) in [6, 6.07) is 1.68. The summed E-state index contributed by atoms with van der Waals surface area (Å²) in [7, 11) is 1.26. The van der Waals surface area contributed by atoms with E-state index in [-0.39, 0.29) is 5.56 Å². The standard InChI is InChI=1S/C13H15NO5S/c1-3-4-8-7-9(13(18)19-2)12(20-8)14-10(15)5-6-11(16)17/h5-7H,3-4H2,1-2H3,(H,14,15)(H,16,17)/b6-5+. The molecule has 0 aliphatic heterocycles. The quantitative estimate of drug-likeness (QED) is 0.619. The number of hydrogen-bond acceptors (Lipinski definition) is 5. The van der Waals surface area contributed by atoms with Gasteiger partial charge in [-0.2, -0.15) is 0 Å². The minimum atomic E-state index is -1.22. The Morgan fingerprint density at radius 1 is 1.40 bits per heavy atom. The zero-order chi connectivity index (χ0) is 15.1. The SMILES string of the molecule is CCCc1cc(C(=O)OC)c(NC(=O)/C=C/C(=O)O)s1. The van der Waals surface area contributed by atoms with E-state index in [4.69, 9.17) is 5.11 Å². The third-order valence-corrected chi connectivity index (χ3v) is 3.41. The number of aliphatic carboxylic acids is 1. The summed E-state index contributed by atoms with van der Waals surface area (Å²) >= 11 is 1.28. The van der Waals surface area contributed by atoms with Crippen LogP contribution >= 0.6 is 11.3 Å². The number of methoxy groups -OCH3 is 1. The molecule has 1 rings (SSSR count). The van der Waals surface area contributed by atoms with Gasteiger partial charge in [-0.1, -0.05) is 13.3 Å². The Hall–Kier alpha value is -2.15. The summed E-state index contributed by atoms with van der Waals surface area (Å²) < 4.78 is 4.65. The van der Waals surface area contributed by atoms with Crippen molar-refractivity contribution in [1.29, 1.82) is 0 Å². The van der Waals surface area contributed by atoms with E-state index in [9.17, 15) is 14.4 Å². The topological polar surface area (TPSA) is 92.7 Å². The van der Waals surface area contributed by atoms with Gasteiger partial charge in [0.2, 0.25) is 5.91 Å². The number of carboxylic acids is 1. The van der Waals surface area contributed by atoms with Crippen LogP contribution in [-0.2, 0) is 20.7 Å². The normalized spacial score (nSPS) is 10.5. The molecule has 0 unspecified atom stereocenters. The Morgan fingerprint density at radius 3 is 2.65 bits per heavy atom. The van der Waals surface area contributed by atoms with Crippen LogP contribution in [0.2, 0.25) is 0 Å². The predicted octanol–water partition coefficient (Wildman–Crippen LogP) is 2.07. The molecular weight excluding hydrogens is 282 g/mol. The van der Waals surface area contributed by atoms with E-state index in [0.717, 1.165) is 29.9 Å². The molecule has 0 fully saturated rings. The first kappa shape index (κ1) is 15.9. The van der Waals surface area contributed by atoms with Gasteiger partial charge in [0.25, 0.3) is 0 Å². The monoisotopic (exact) mass is 297 g/mol. The van der Waals surface area contributed by atoms with Crippen LogP contribution in [0.25, 0.3) is 0 Å². The van der Waals surface area contributed by atoms with E-state index in [1.807, 2.05) is 6.92 Å². The van der Waals surface area contributed by atoms with Gasteiger partial charge in [-0.15, -0.1) is 11.3 Å². The summed E-state index contributed by atoms with van der Waals surface area (Å²) in [6.45, 7) is 2.01. The number of aryl methyl sites for hydroxylation is 1. The minimum Gasteiger partial charge on any atom is -0.478 e. The molecule has 0 spiro atoms. The molecule has 1 aromatic rings. The van der Waals surface area contributed by atoms with Crippen LogP contribution in [0.1, 0.15) is 28.6 Å². The molecule has 1 amide bonds. The van der Waals surface area contributed by atoms with E-state index >= 15 is 0 Å². The first-order valence-corrected chi connectivity index (χ1v) is 6.72. The van der Waals surface area contributed by atoms with Crippen molar-refractivity contribution in [3.05, 3.63) is 28.7 Å². The number of thiophene rings is 1. The minimum absolute atomic E-state index is 0.276. The largest absolute Gasteiger partial charge is 0.478 e. The van der Waals surface area contributed by atoms with Crippen LogP contribution in [0.15, 0.2) is 18.2 Å². The lowest BCUT2D eigenvalue weighted by Gasteiger charge is -2.01. The van der Waals surface area contributed by atoms with Crippen LogP contribution in [0.4, 0.5) is 5.00 Å². The van der Waals surface area contributed by atoms with Crippen LogP contribution in [-0.4, -0.2) is 30.1 Å². The maximum atomic E-state index is 11.6. The maximum absolute atomic E-state index is 11.6. The van der Waals surface area contributed by atoms with Crippen molar-refractivity contribution in [2.45, 2.75) is 19.8 Å². The lowest BCUT2D eigenvalue weighted by atomic mass is 10.2. The number of amides is 1. The van der Waals surface area contributed by atoms with Crippen LogP contribution in [0.3, 0.4) is 0 Å². The molecule has 1 heterocycles. The number of anilines is 1. The van der Waals surface area contributed by atoms with Gasteiger partial charge >= 0.3 is 11.9 Å². The molecule has 7 heteroatoms. The summed E-state index contributed by atoms with van der Waals surface area (Å²) in [5, 5.41) is 11.3. The molecule has 2 N–H and O–H groups in total. The fourth-order valence-electron chi connectivity index (χ4n) is 1.47. The van der Waals surface area contributed by atoms with Gasteiger partial charge < -0.3 is 15.2 Å². The first-order valence-electron chi connectivity index (χ1n) is 5.91. The number of carbonyl (C=O) groups is 3. The fourth-order valence-corrected chi connectivity index (χ4v) is 2.62. The lowest BCUT2D eigenvalue weighted by molar-refractivity contribution is -0.131. The molecule has 0 bridgehead atoms. The molecule has 0 atom stereocenters. The Bertz CT molecular complexity index is 547. The third-order valence-electron chi connectivity index (χ3n) is 2.30. The number of rotatable bonds is 6. The zero-order valence-electron chi connectivity index (χ0n) is 11.1. The number of esters is 1. The van der Waals surface area contributed by atoms with Crippen molar-refractivity contribution in [3.63, 3.8) is 0 Å². The van der Waals surface area contributed by atoms with E-state index in [1.54, 1.807) is 6.07 Å². The third kappa shape index (κ3) is 4.51. The van der Waals surface area contributed by atoms with Crippen molar-refractivity contribution in [3.8, 4) is 0 Å². The lowest BCUT2D eigenvalue weighted by Crippen LogP contribution is -2.11. The zero-order valence-corrected chi connectivity index (χ0v) is 12.0. The molecule has 20 heavy (non-hydrogen) atoms. The van der Waals surface area contributed by atoms with Crippen molar-refractivity contribution in [2.24, 2.45) is 0 Å². The average Bonchev–Trinajstić information content (AvgIpc) is 2.78. The van der Waals surface area contributed by atoms with Gasteiger partial charge in [0.15, 0.2) is 0 Å². The van der Waals surface area contributed by atoms with Crippen molar-refractivity contribution >= 4 is 34.2 Å². The second kappa shape index (κ2) is 7.44. The van der Waals surface area contributed by atoms with E-state index in [2.05, 4.69) is 10.1 Å². The highest BCUT2D eigenvalue weighted by molar-refractivity contribution is 7.16. The van der Waals surface area contributed by atoms with Crippen molar-refractivity contribution in [2.75, 3.05) is 12.4 Å². The highest BCUT2D eigenvalue weighted by Gasteiger charge is 2.17. The van der Waals surface area contributed by atoms with E-state index < -0.39 is 17.8 Å². The van der Waals surface area contributed by atoms with Gasteiger partial charge in [0.1, 0.15) is 5.00 Å². The number of nitrogens with one attached hydrogen (secondary N) is 1. The Balaban J connectivity index is 2.94.